The molecule has 34 heavy (non-hydrogen) atoms. The molecule has 0 unspecified atom stereocenters. The monoisotopic (exact) mass is 458 g/mol. The number of aryl methyl sites for hydroxylation is 3. The standard InChI is InChI=1S/C33H31P/c1-26-16-10-13-23-31(26)34(29-19-6-4-7-20-29,30-21-8-5-9-22-30,32-24-14-11-17-27(32)2)33-25-15-12-18-28(33)3/h4-25H,1-3H3. The maximum atomic E-state index is 2.38. The summed E-state index contributed by atoms with van der Waals surface area (Å²) in [6, 6.07) is 49.6. The van der Waals surface area contributed by atoms with Gasteiger partial charge in [0, 0.05) is 0 Å². The molecule has 0 fully saturated rings. The Hall–Kier alpha value is -3.47. The van der Waals surface area contributed by atoms with Crippen LogP contribution in [-0.2, 0) is 0 Å². The summed E-state index contributed by atoms with van der Waals surface area (Å²) in [5.41, 5.74) is 3.96. The van der Waals surface area contributed by atoms with E-state index < -0.39 is 6.60 Å². The summed E-state index contributed by atoms with van der Waals surface area (Å²) in [5.74, 6) is 0. The molecule has 0 atom stereocenters. The summed E-state index contributed by atoms with van der Waals surface area (Å²) in [6.45, 7) is 3.43. The van der Waals surface area contributed by atoms with Gasteiger partial charge in [-0.15, -0.1) is 0 Å². The minimum absolute atomic E-state index is 1.32. The molecule has 0 nitrogen and oxygen atoms in total. The van der Waals surface area contributed by atoms with Crippen molar-refractivity contribution in [3.05, 3.63) is 150 Å². The topological polar surface area (TPSA) is 0 Å². The predicted molar refractivity (Wildman–Crippen MR) is 152 cm³/mol. The molecule has 1 heteroatoms. The molecule has 0 aliphatic rings. The van der Waals surface area contributed by atoms with Crippen molar-refractivity contribution in [1.29, 1.82) is 0 Å². The second-order valence-electron chi connectivity index (χ2n) is 9.15. The zero-order chi connectivity index (χ0) is 23.6. The van der Waals surface area contributed by atoms with Gasteiger partial charge in [0.2, 0.25) is 0 Å². The van der Waals surface area contributed by atoms with Gasteiger partial charge in [0.25, 0.3) is 0 Å². The summed E-state index contributed by atoms with van der Waals surface area (Å²) < 4.78 is 0. The van der Waals surface area contributed by atoms with Gasteiger partial charge in [-0.25, -0.2) is 0 Å². The van der Waals surface area contributed by atoms with Gasteiger partial charge in [-0.2, -0.15) is 0 Å². The van der Waals surface area contributed by atoms with E-state index in [0.717, 1.165) is 0 Å². The van der Waals surface area contributed by atoms with Gasteiger partial charge in [0.05, 0.1) is 0 Å². The zero-order valence-corrected chi connectivity index (χ0v) is 21.0. The van der Waals surface area contributed by atoms with Gasteiger partial charge < -0.3 is 0 Å². The third-order valence-electron chi connectivity index (χ3n) is 7.34. The molecule has 0 radical (unpaired) electrons. The van der Waals surface area contributed by atoms with Crippen molar-refractivity contribution in [2.75, 3.05) is 0 Å². The molecule has 168 valence electrons. The second kappa shape index (κ2) is 8.71. The summed E-state index contributed by atoms with van der Waals surface area (Å²) in [4.78, 5) is 0. The molecule has 0 saturated heterocycles. The van der Waals surface area contributed by atoms with Crippen molar-refractivity contribution >= 4 is 33.1 Å². The van der Waals surface area contributed by atoms with Crippen LogP contribution in [-0.4, -0.2) is 0 Å². The molecule has 0 heterocycles. The molecule has 0 saturated carbocycles. The van der Waals surface area contributed by atoms with Crippen molar-refractivity contribution in [2.45, 2.75) is 20.8 Å². The van der Waals surface area contributed by atoms with Crippen LogP contribution in [0.2, 0.25) is 0 Å². The third kappa shape index (κ3) is 2.96. The summed E-state index contributed by atoms with van der Waals surface area (Å²) in [5, 5.41) is 6.98. The van der Waals surface area contributed by atoms with Gasteiger partial charge in [-0.05, 0) is 0 Å². The van der Waals surface area contributed by atoms with E-state index in [2.05, 4.69) is 154 Å². The molecule has 5 aromatic carbocycles. The van der Waals surface area contributed by atoms with E-state index in [-0.39, 0.29) is 0 Å². The summed E-state index contributed by atoms with van der Waals surface area (Å²) in [7, 11) is 0. The maximum absolute atomic E-state index is 3.40. The molecule has 0 spiro atoms. The van der Waals surface area contributed by atoms with Crippen LogP contribution < -0.4 is 26.5 Å². The van der Waals surface area contributed by atoms with Crippen LogP contribution in [0.4, 0.5) is 0 Å². The number of benzene rings is 5. The Balaban J connectivity index is 2.23. The van der Waals surface area contributed by atoms with Crippen molar-refractivity contribution in [1.82, 2.24) is 0 Å². The second-order valence-corrected chi connectivity index (χ2v) is 13.9. The van der Waals surface area contributed by atoms with Crippen molar-refractivity contribution in [3.8, 4) is 0 Å². The van der Waals surface area contributed by atoms with Crippen LogP contribution in [0.1, 0.15) is 16.7 Å². The Labute approximate surface area is 203 Å². The van der Waals surface area contributed by atoms with Crippen LogP contribution in [0.15, 0.2) is 133 Å². The normalized spacial score (nSPS) is 12.6. The molecule has 0 amide bonds. The Morgan fingerprint density at radius 1 is 0.324 bits per heavy atom. The first-order valence-electron chi connectivity index (χ1n) is 11.9. The van der Waals surface area contributed by atoms with E-state index in [1.54, 1.807) is 0 Å². The van der Waals surface area contributed by atoms with Crippen LogP contribution in [0.5, 0.6) is 0 Å². The van der Waals surface area contributed by atoms with Crippen molar-refractivity contribution in [3.63, 3.8) is 0 Å². The van der Waals surface area contributed by atoms with Gasteiger partial charge in [-0.3, -0.25) is 0 Å². The molecule has 0 aromatic heterocycles. The number of hydrogen-bond donors (Lipinski definition) is 0. The zero-order valence-electron chi connectivity index (χ0n) is 20.1. The van der Waals surface area contributed by atoms with Crippen LogP contribution >= 0.6 is 6.60 Å². The first-order valence-corrected chi connectivity index (χ1v) is 14.2. The molecule has 0 N–H and O–H groups in total. The molecule has 0 aliphatic heterocycles. The first kappa shape index (κ1) is 22.3. The van der Waals surface area contributed by atoms with E-state index in [9.17, 15) is 0 Å². The fourth-order valence-electron chi connectivity index (χ4n) is 6.02. The van der Waals surface area contributed by atoms with E-state index in [1.165, 1.54) is 43.2 Å². The first-order chi connectivity index (χ1) is 16.6. The van der Waals surface area contributed by atoms with Crippen LogP contribution in [0.3, 0.4) is 0 Å². The summed E-state index contributed by atoms with van der Waals surface area (Å²) in [6.07, 6.45) is 0. The number of hydrogen-bond acceptors (Lipinski definition) is 0. The van der Waals surface area contributed by atoms with Gasteiger partial charge in [-0.1, -0.05) is 0 Å². The van der Waals surface area contributed by atoms with E-state index in [1.807, 2.05) is 0 Å². The van der Waals surface area contributed by atoms with Gasteiger partial charge >= 0.3 is 204 Å². The van der Waals surface area contributed by atoms with E-state index in [4.69, 9.17) is 0 Å². The average Bonchev–Trinajstić information content (AvgIpc) is 2.89. The third-order valence-corrected chi connectivity index (χ3v) is 14.4. The summed E-state index contributed by atoms with van der Waals surface area (Å²) >= 11 is 0. The molecule has 5 aromatic rings. The Morgan fingerprint density at radius 3 is 0.882 bits per heavy atom. The van der Waals surface area contributed by atoms with Gasteiger partial charge in [0.1, 0.15) is 0 Å². The Bertz CT molecular complexity index is 1280. The SMILES string of the molecule is Cc1ccccc1P(c1ccccc1)(c1ccccc1)(c1ccccc1C)c1ccccc1C. The van der Waals surface area contributed by atoms with E-state index >= 15 is 0 Å². The van der Waals surface area contributed by atoms with Crippen LogP contribution in [0, 0.1) is 20.8 Å². The Kier molecular flexibility index (Phi) is 5.72. The van der Waals surface area contributed by atoms with Crippen molar-refractivity contribution in [2.24, 2.45) is 0 Å². The molecule has 0 bridgehead atoms. The van der Waals surface area contributed by atoms with E-state index in [0.29, 0.717) is 0 Å². The quantitative estimate of drug-likeness (QED) is 0.280. The van der Waals surface area contributed by atoms with Crippen molar-refractivity contribution < 1.29 is 0 Å². The average molecular weight is 459 g/mol. The molecular weight excluding hydrogens is 427 g/mol. The fraction of sp³-hybridized carbons (Fsp3) is 0.0909. The molecular formula is C33H31P. The van der Waals surface area contributed by atoms with Gasteiger partial charge in [0.15, 0.2) is 0 Å². The number of rotatable bonds is 5. The minimum atomic E-state index is -3.40. The fourth-order valence-corrected chi connectivity index (χ4v) is 13.8. The predicted octanol–water partition coefficient (Wildman–Crippen LogP) is 6.09. The van der Waals surface area contributed by atoms with Crippen LogP contribution in [0.25, 0.3) is 0 Å². The molecule has 5 rings (SSSR count). The Morgan fingerprint density at radius 2 is 0.588 bits per heavy atom. The molecule has 0 aliphatic carbocycles.